The summed E-state index contributed by atoms with van der Waals surface area (Å²) in [6.45, 7) is 4.90. The maximum atomic E-state index is 12.5. The normalized spacial score (nSPS) is 18.3. The number of imide groups is 1. The molecule has 10 heteroatoms. The summed E-state index contributed by atoms with van der Waals surface area (Å²) in [5, 5.41) is -0.261. The van der Waals surface area contributed by atoms with Gasteiger partial charge in [-0.1, -0.05) is 25.6 Å². The topological polar surface area (TPSA) is 95.1 Å². The number of likely N-dealkylation sites (tertiary alicyclic amines) is 1. The molecule has 0 bridgehead atoms. The van der Waals surface area contributed by atoms with Crippen LogP contribution in [0.2, 0.25) is 0 Å². The fourth-order valence-electron chi connectivity index (χ4n) is 3.17. The Morgan fingerprint density at radius 3 is 2.22 bits per heavy atom. The van der Waals surface area contributed by atoms with Crippen LogP contribution in [0.1, 0.15) is 24.2 Å². The first-order valence-corrected chi connectivity index (χ1v) is 11.1. The summed E-state index contributed by atoms with van der Waals surface area (Å²) < 4.78 is 26.3. The predicted molar refractivity (Wildman–Crippen MR) is 101 cm³/mol. The van der Waals surface area contributed by atoms with Crippen molar-refractivity contribution in [3.05, 3.63) is 29.8 Å². The van der Waals surface area contributed by atoms with E-state index in [1.165, 1.54) is 33.5 Å². The van der Waals surface area contributed by atoms with Gasteiger partial charge in [0.2, 0.25) is 15.9 Å². The zero-order valence-corrected chi connectivity index (χ0v) is 16.8. The standard InChI is InChI=1S/C17H21N3O5S2/c1-3-19(4-2)27(24,25)14-7-5-12(6-8-14)16(22)18-9-13(10-18)20-15(21)11-26-17(20)23/h5-8,13H,3-4,9-11H2,1-2H3. The fraction of sp³-hybridized carbons (Fsp3) is 0.471. The van der Waals surface area contributed by atoms with Crippen LogP contribution in [-0.2, 0) is 14.8 Å². The average molecular weight is 412 g/mol. The maximum Gasteiger partial charge on any atom is 0.289 e. The molecule has 2 fully saturated rings. The number of hydrogen-bond donors (Lipinski definition) is 0. The monoisotopic (exact) mass is 411 g/mol. The second kappa shape index (κ2) is 7.61. The highest BCUT2D eigenvalue weighted by atomic mass is 32.2. The van der Waals surface area contributed by atoms with Gasteiger partial charge in [0.05, 0.1) is 16.7 Å². The molecule has 8 nitrogen and oxygen atoms in total. The molecule has 1 aromatic rings. The molecular formula is C17H21N3O5S2. The molecule has 0 unspecified atom stereocenters. The second-order valence-corrected chi connectivity index (χ2v) is 9.16. The largest absolute Gasteiger partial charge is 0.334 e. The number of thioether (sulfide) groups is 1. The summed E-state index contributed by atoms with van der Waals surface area (Å²) in [6.07, 6.45) is 0. The lowest BCUT2D eigenvalue weighted by molar-refractivity contribution is -0.128. The molecule has 146 valence electrons. The van der Waals surface area contributed by atoms with Gasteiger partial charge in [-0.15, -0.1) is 0 Å². The number of sulfonamides is 1. The Morgan fingerprint density at radius 1 is 1.15 bits per heavy atom. The van der Waals surface area contributed by atoms with Crippen molar-refractivity contribution in [2.24, 2.45) is 0 Å². The second-order valence-electron chi connectivity index (χ2n) is 6.30. The Bertz CT molecular complexity index is 843. The van der Waals surface area contributed by atoms with E-state index in [0.717, 1.165) is 11.8 Å². The van der Waals surface area contributed by atoms with E-state index < -0.39 is 10.0 Å². The summed E-state index contributed by atoms with van der Waals surface area (Å²) in [7, 11) is -3.56. The molecule has 27 heavy (non-hydrogen) atoms. The summed E-state index contributed by atoms with van der Waals surface area (Å²) in [5.74, 6) is -0.302. The van der Waals surface area contributed by atoms with Crippen molar-refractivity contribution in [2.75, 3.05) is 31.9 Å². The van der Waals surface area contributed by atoms with Crippen molar-refractivity contribution in [2.45, 2.75) is 24.8 Å². The van der Waals surface area contributed by atoms with Crippen LogP contribution in [0.4, 0.5) is 4.79 Å². The van der Waals surface area contributed by atoms with Crippen LogP contribution in [0.25, 0.3) is 0 Å². The van der Waals surface area contributed by atoms with E-state index in [4.69, 9.17) is 0 Å². The summed E-state index contributed by atoms with van der Waals surface area (Å²) in [4.78, 5) is 38.9. The van der Waals surface area contributed by atoms with Gasteiger partial charge in [-0.2, -0.15) is 4.31 Å². The average Bonchev–Trinajstić information content (AvgIpc) is 2.94. The molecule has 0 spiro atoms. The number of carbonyl (C=O) groups excluding carboxylic acids is 3. The van der Waals surface area contributed by atoms with Gasteiger partial charge in [0.1, 0.15) is 0 Å². The number of nitrogens with zero attached hydrogens (tertiary/aromatic N) is 3. The Morgan fingerprint density at radius 2 is 1.74 bits per heavy atom. The van der Waals surface area contributed by atoms with E-state index in [1.54, 1.807) is 18.7 Å². The van der Waals surface area contributed by atoms with Crippen molar-refractivity contribution in [1.29, 1.82) is 0 Å². The highest BCUT2D eigenvalue weighted by Gasteiger charge is 2.43. The first kappa shape index (κ1) is 19.8. The van der Waals surface area contributed by atoms with Crippen LogP contribution in [0.5, 0.6) is 0 Å². The van der Waals surface area contributed by atoms with Crippen LogP contribution in [0.3, 0.4) is 0 Å². The lowest BCUT2D eigenvalue weighted by atomic mass is 10.1. The zero-order chi connectivity index (χ0) is 19.8. The third kappa shape index (κ3) is 3.61. The van der Waals surface area contributed by atoms with Crippen molar-refractivity contribution < 1.29 is 22.8 Å². The van der Waals surface area contributed by atoms with Gasteiger partial charge in [-0.25, -0.2) is 8.42 Å². The molecule has 3 rings (SSSR count). The third-order valence-electron chi connectivity index (χ3n) is 4.74. The summed E-state index contributed by atoms with van der Waals surface area (Å²) in [6, 6.07) is 5.58. The quantitative estimate of drug-likeness (QED) is 0.699. The van der Waals surface area contributed by atoms with Crippen LogP contribution >= 0.6 is 11.8 Å². The molecule has 1 aromatic carbocycles. The minimum Gasteiger partial charge on any atom is -0.334 e. The Labute approximate surface area is 162 Å². The number of benzene rings is 1. The molecule has 2 heterocycles. The first-order chi connectivity index (χ1) is 12.8. The van der Waals surface area contributed by atoms with E-state index >= 15 is 0 Å². The Balaban J connectivity index is 1.66. The smallest absolute Gasteiger partial charge is 0.289 e. The van der Waals surface area contributed by atoms with E-state index in [-0.39, 0.29) is 33.7 Å². The van der Waals surface area contributed by atoms with E-state index in [2.05, 4.69) is 0 Å². The van der Waals surface area contributed by atoms with Gasteiger partial charge in [0.25, 0.3) is 11.1 Å². The number of rotatable bonds is 6. The minimum atomic E-state index is -3.56. The Kier molecular flexibility index (Phi) is 5.59. The van der Waals surface area contributed by atoms with Crippen molar-refractivity contribution in [3.8, 4) is 0 Å². The SMILES string of the molecule is CCN(CC)S(=O)(=O)c1ccc(C(=O)N2CC(N3C(=O)CSC3=O)C2)cc1. The van der Waals surface area contributed by atoms with Gasteiger partial charge in [0.15, 0.2) is 0 Å². The summed E-state index contributed by atoms with van der Waals surface area (Å²) in [5.41, 5.74) is 0.375. The number of hydrogen-bond acceptors (Lipinski definition) is 6. The molecule has 0 aliphatic carbocycles. The van der Waals surface area contributed by atoms with Crippen LogP contribution < -0.4 is 0 Å². The van der Waals surface area contributed by atoms with Gasteiger partial charge in [-0.3, -0.25) is 19.3 Å². The number of amides is 3. The van der Waals surface area contributed by atoms with Gasteiger partial charge < -0.3 is 4.90 Å². The molecule has 0 saturated carbocycles. The summed E-state index contributed by atoms with van der Waals surface area (Å²) >= 11 is 0.980. The van der Waals surface area contributed by atoms with Crippen LogP contribution in [-0.4, -0.2) is 77.6 Å². The Hall–Kier alpha value is -1.91. The molecule has 2 aliphatic heterocycles. The molecule has 0 atom stereocenters. The van der Waals surface area contributed by atoms with Gasteiger partial charge in [-0.05, 0) is 24.3 Å². The van der Waals surface area contributed by atoms with Gasteiger partial charge in [0, 0.05) is 31.7 Å². The van der Waals surface area contributed by atoms with E-state index in [9.17, 15) is 22.8 Å². The lowest BCUT2D eigenvalue weighted by Crippen LogP contribution is -2.62. The third-order valence-corrected chi connectivity index (χ3v) is 7.64. The molecule has 2 aliphatic rings. The lowest BCUT2D eigenvalue weighted by Gasteiger charge is -2.42. The molecule has 0 aromatic heterocycles. The molecule has 3 amide bonds. The van der Waals surface area contributed by atoms with Crippen molar-refractivity contribution in [3.63, 3.8) is 0 Å². The molecule has 0 radical (unpaired) electrons. The maximum absolute atomic E-state index is 12.5. The molecule has 0 N–H and O–H groups in total. The number of carbonyl (C=O) groups is 3. The fourth-order valence-corrected chi connectivity index (χ4v) is 5.40. The predicted octanol–water partition coefficient (Wildman–Crippen LogP) is 1.24. The highest BCUT2D eigenvalue weighted by Crippen LogP contribution is 2.27. The minimum absolute atomic E-state index is 0.148. The first-order valence-electron chi connectivity index (χ1n) is 8.67. The van der Waals surface area contributed by atoms with Crippen LogP contribution in [0, 0.1) is 0 Å². The van der Waals surface area contributed by atoms with Crippen molar-refractivity contribution >= 4 is 38.8 Å². The molecule has 2 saturated heterocycles. The zero-order valence-electron chi connectivity index (χ0n) is 15.1. The van der Waals surface area contributed by atoms with Gasteiger partial charge >= 0.3 is 0 Å². The van der Waals surface area contributed by atoms with E-state index in [1.807, 2.05) is 0 Å². The molecular weight excluding hydrogens is 390 g/mol. The van der Waals surface area contributed by atoms with E-state index in [0.29, 0.717) is 31.7 Å². The van der Waals surface area contributed by atoms with Crippen molar-refractivity contribution in [1.82, 2.24) is 14.1 Å². The highest BCUT2D eigenvalue weighted by molar-refractivity contribution is 8.14. The van der Waals surface area contributed by atoms with Crippen LogP contribution in [0.15, 0.2) is 29.2 Å².